The van der Waals surface area contributed by atoms with Crippen LogP contribution in [0.2, 0.25) is 0 Å². The molecule has 1 aromatic carbocycles. The molecule has 1 aliphatic carbocycles. The summed E-state index contributed by atoms with van der Waals surface area (Å²) in [7, 11) is 3.28. The van der Waals surface area contributed by atoms with Gasteiger partial charge in [0.25, 0.3) is 0 Å². The molecule has 0 heterocycles. The average Bonchev–Trinajstić information content (AvgIpc) is 2.69. The van der Waals surface area contributed by atoms with Crippen molar-refractivity contribution in [2.45, 2.75) is 56.9 Å². The third-order valence-corrected chi connectivity index (χ3v) is 7.01. The Morgan fingerprint density at radius 1 is 1.28 bits per heavy atom. The number of rotatable bonds is 8. The van der Waals surface area contributed by atoms with Crippen LogP contribution in [0.1, 0.15) is 51.1 Å². The smallest absolute Gasteiger partial charge is 0.191 e. The number of nitrogens with one attached hydrogen (secondary N) is 2. The molecule has 5 nitrogen and oxygen atoms in total. The molecule has 8 heteroatoms. The maximum absolute atomic E-state index is 13.3. The van der Waals surface area contributed by atoms with Crippen molar-refractivity contribution in [3.63, 3.8) is 0 Å². The molecule has 2 rings (SSSR count). The first kappa shape index (κ1) is 26.3. The van der Waals surface area contributed by atoms with E-state index >= 15 is 0 Å². The highest BCUT2D eigenvalue weighted by molar-refractivity contribution is 14.0. The van der Waals surface area contributed by atoms with Crippen LogP contribution in [0.25, 0.3) is 0 Å². The minimum Gasteiger partial charge on any atom is -0.357 e. The summed E-state index contributed by atoms with van der Waals surface area (Å²) < 4.78 is 25.5. The Kier molecular flexibility index (Phi) is 12.3. The van der Waals surface area contributed by atoms with Crippen LogP contribution in [0.5, 0.6) is 0 Å². The number of halogens is 2. The van der Waals surface area contributed by atoms with Gasteiger partial charge in [0.2, 0.25) is 0 Å². The van der Waals surface area contributed by atoms with Crippen molar-refractivity contribution in [1.29, 1.82) is 0 Å². The molecule has 4 unspecified atom stereocenters. The maximum Gasteiger partial charge on any atom is 0.191 e. The molecule has 4 atom stereocenters. The molecule has 0 spiro atoms. The van der Waals surface area contributed by atoms with E-state index in [0.717, 1.165) is 49.5 Å². The standard InChI is InChI=1S/C21H35FN4OS.HI/c1-5-23-21(25-18-8-7-9-19(14-18)28(27)6-2)24-15-20(26(3)4)16-10-12-17(22)13-11-16;/h10-13,18-20H,5-9,14-15H2,1-4H3,(H2,23,24,25);1H. The number of hydrogen-bond donors (Lipinski definition) is 2. The largest absolute Gasteiger partial charge is 0.357 e. The van der Waals surface area contributed by atoms with Gasteiger partial charge < -0.3 is 15.5 Å². The SMILES string of the molecule is CCNC(=NCC(c1ccc(F)cc1)N(C)C)NC1CCCC(S(=O)CC)C1.I. The number of aliphatic imine (C=N–C) groups is 1. The van der Waals surface area contributed by atoms with Crippen LogP contribution in [0.3, 0.4) is 0 Å². The minimum atomic E-state index is -0.734. The summed E-state index contributed by atoms with van der Waals surface area (Å²) in [6.45, 7) is 5.41. The first-order chi connectivity index (χ1) is 13.4. The fourth-order valence-corrected chi connectivity index (χ4v) is 5.04. The highest BCUT2D eigenvalue weighted by Crippen LogP contribution is 2.23. The van der Waals surface area contributed by atoms with Crippen molar-refractivity contribution in [3.05, 3.63) is 35.6 Å². The molecular formula is C21H36FIN4OS. The van der Waals surface area contributed by atoms with Crippen molar-refractivity contribution in [2.75, 3.05) is 32.9 Å². The number of likely N-dealkylation sites (N-methyl/N-ethyl adjacent to an activating group) is 1. The Labute approximate surface area is 194 Å². The van der Waals surface area contributed by atoms with Gasteiger partial charge in [-0.25, -0.2) is 4.39 Å². The van der Waals surface area contributed by atoms with Crippen molar-refractivity contribution in [1.82, 2.24) is 15.5 Å². The van der Waals surface area contributed by atoms with E-state index < -0.39 is 10.8 Å². The van der Waals surface area contributed by atoms with Crippen LogP contribution in [-0.4, -0.2) is 59.3 Å². The third-order valence-electron chi connectivity index (χ3n) is 5.27. The Balaban J connectivity index is 0.00000420. The van der Waals surface area contributed by atoms with Crippen molar-refractivity contribution in [2.24, 2.45) is 4.99 Å². The van der Waals surface area contributed by atoms with E-state index in [0.29, 0.717) is 12.6 Å². The predicted octanol–water partition coefficient (Wildman–Crippen LogP) is 3.68. The molecule has 0 amide bonds. The van der Waals surface area contributed by atoms with Gasteiger partial charge in [-0.2, -0.15) is 0 Å². The topological polar surface area (TPSA) is 56.7 Å². The lowest BCUT2D eigenvalue weighted by atomic mass is 9.95. The van der Waals surface area contributed by atoms with Crippen LogP contribution in [0.4, 0.5) is 4.39 Å². The van der Waals surface area contributed by atoms with E-state index in [9.17, 15) is 8.60 Å². The van der Waals surface area contributed by atoms with Crippen LogP contribution in [0.15, 0.2) is 29.3 Å². The van der Waals surface area contributed by atoms with Gasteiger partial charge in [-0.15, -0.1) is 24.0 Å². The van der Waals surface area contributed by atoms with Crippen LogP contribution in [0, 0.1) is 5.82 Å². The van der Waals surface area contributed by atoms with E-state index in [1.807, 2.05) is 33.2 Å². The number of benzene rings is 1. The Morgan fingerprint density at radius 2 is 1.97 bits per heavy atom. The lowest BCUT2D eigenvalue weighted by Crippen LogP contribution is -2.47. The molecule has 0 aromatic heterocycles. The second-order valence-electron chi connectivity index (χ2n) is 7.55. The molecule has 29 heavy (non-hydrogen) atoms. The second-order valence-corrected chi connectivity index (χ2v) is 9.56. The zero-order valence-electron chi connectivity index (χ0n) is 18.0. The molecule has 1 fully saturated rings. The van der Waals surface area contributed by atoms with Gasteiger partial charge in [0.15, 0.2) is 5.96 Å². The molecule has 0 bridgehead atoms. The summed E-state index contributed by atoms with van der Waals surface area (Å²) in [5.74, 6) is 1.30. The molecule has 0 saturated heterocycles. The molecule has 1 saturated carbocycles. The van der Waals surface area contributed by atoms with Crippen molar-refractivity contribution < 1.29 is 8.60 Å². The first-order valence-corrected chi connectivity index (χ1v) is 11.7. The van der Waals surface area contributed by atoms with E-state index in [1.54, 1.807) is 0 Å². The summed E-state index contributed by atoms with van der Waals surface area (Å²) in [6, 6.07) is 7.01. The quantitative estimate of drug-likeness (QED) is 0.301. The third kappa shape index (κ3) is 8.49. The maximum atomic E-state index is 13.3. The zero-order valence-corrected chi connectivity index (χ0v) is 21.1. The highest BCUT2D eigenvalue weighted by atomic mass is 127. The normalized spacial score (nSPS) is 21.9. The van der Waals surface area contributed by atoms with Crippen LogP contribution < -0.4 is 10.6 Å². The zero-order chi connectivity index (χ0) is 20.5. The second kappa shape index (κ2) is 13.5. The van der Waals surface area contributed by atoms with Gasteiger partial charge in [-0.1, -0.05) is 25.5 Å². The lowest BCUT2D eigenvalue weighted by molar-refractivity contribution is 0.305. The average molecular weight is 539 g/mol. The van der Waals surface area contributed by atoms with Gasteiger partial charge >= 0.3 is 0 Å². The van der Waals surface area contributed by atoms with E-state index in [4.69, 9.17) is 4.99 Å². The number of guanidine groups is 1. The minimum absolute atomic E-state index is 0. The summed E-state index contributed by atoms with van der Waals surface area (Å²) in [4.78, 5) is 6.90. The van der Waals surface area contributed by atoms with Gasteiger partial charge in [-0.05, 0) is 58.0 Å². The summed E-state index contributed by atoms with van der Waals surface area (Å²) in [5.41, 5.74) is 1.04. The van der Waals surface area contributed by atoms with Gasteiger partial charge in [-0.3, -0.25) is 9.20 Å². The molecule has 2 N–H and O–H groups in total. The molecule has 166 valence electrons. The summed E-state index contributed by atoms with van der Waals surface area (Å²) >= 11 is 0. The van der Waals surface area contributed by atoms with E-state index in [1.165, 1.54) is 12.1 Å². The van der Waals surface area contributed by atoms with Crippen molar-refractivity contribution >= 4 is 40.7 Å². The van der Waals surface area contributed by atoms with Crippen molar-refractivity contribution in [3.8, 4) is 0 Å². The summed E-state index contributed by atoms with van der Waals surface area (Å²) in [6.07, 6.45) is 4.17. The monoisotopic (exact) mass is 538 g/mol. The number of nitrogens with zero attached hydrogens (tertiary/aromatic N) is 2. The molecule has 1 aliphatic rings. The Bertz CT molecular complexity index is 657. The molecule has 1 aromatic rings. The van der Waals surface area contributed by atoms with Crippen LogP contribution in [-0.2, 0) is 10.8 Å². The van der Waals surface area contributed by atoms with Crippen LogP contribution >= 0.6 is 24.0 Å². The predicted molar refractivity (Wildman–Crippen MR) is 132 cm³/mol. The Morgan fingerprint density at radius 3 is 2.55 bits per heavy atom. The molecular weight excluding hydrogens is 502 g/mol. The first-order valence-electron chi connectivity index (χ1n) is 10.3. The molecule has 0 aliphatic heterocycles. The van der Waals surface area contributed by atoms with Gasteiger partial charge in [0, 0.05) is 34.4 Å². The lowest BCUT2D eigenvalue weighted by Gasteiger charge is -2.30. The van der Waals surface area contributed by atoms with Gasteiger partial charge in [0.05, 0.1) is 12.6 Å². The Hall–Kier alpha value is -0.740. The molecule has 0 radical (unpaired) electrons. The fourth-order valence-electron chi connectivity index (χ4n) is 3.69. The summed E-state index contributed by atoms with van der Waals surface area (Å²) in [5, 5.41) is 7.16. The number of hydrogen-bond acceptors (Lipinski definition) is 3. The highest BCUT2D eigenvalue weighted by Gasteiger charge is 2.26. The van der Waals surface area contributed by atoms with Gasteiger partial charge in [0.1, 0.15) is 5.82 Å². The fraction of sp³-hybridized carbons (Fsp3) is 0.667. The van der Waals surface area contributed by atoms with E-state index in [-0.39, 0.29) is 41.1 Å². The van der Waals surface area contributed by atoms with E-state index in [2.05, 4.69) is 22.5 Å².